The van der Waals surface area contributed by atoms with Gasteiger partial charge in [0.25, 0.3) is 5.89 Å². The van der Waals surface area contributed by atoms with E-state index in [1.807, 2.05) is 26.0 Å². The number of amides is 1. The van der Waals surface area contributed by atoms with Crippen molar-refractivity contribution in [1.82, 2.24) is 15.1 Å². The maximum absolute atomic E-state index is 12.3. The van der Waals surface area contributed by atoms with E-state index in [-0.39, 0.29) is 5.91 Å². The van der Waals surface area contributed by atoms with Gasteiger partial charge in [0.05, 0.1) is 16.3 Å². The zero-order valence-electron chi connectivity index (χ0n) is 16.2. The van der Waals surface area contributed by atoms with Crippen molar-refractivity contribution in [2.24, 2.45) is 0 Å². The highest BCUT2D eigenvalue weighted by Gasteiger charge is 2.29. The molecule has 1 N–H and O–H groups in total. The number of hydrogen-bond acceptors (Lipinski definition) is 6. The monoisotopic (exact) mass is 394 g/mol. The molecule has 0 bridgehead atoms. The lowest BCUT2D eigenvalue weighted by atomic mass is 10.1. The summed E-state index contributed by atoms with van der Waals surface area (Å²) in [6.45, 7) is 6.07. The van der Waals surface area contributed by atoms with Crippen molar-refractivity contribution in [2.75, 3.05) is 11.1 Å². The number of carbonyl (C=O) groups is 1. The second kappa shape index (κ2) is 7.75. The Labute approximate surface area is 168 Å². The highest BCUT2D eigenvalue weighted by molar-refractivity contribution is 7.99. The minimum Gasteiger partial charge on any atom is -0.334 e. The van der Waals surface area contributed by atoms with Gasteiger partial charge in [0, 0.05) is 17.8 Å². The van der Waals surface area contributed by atoms with Crippen LogP contribution in [0.3, 0.4) is 0 Å². The van der Waals surface area contributed by atoms with Crippen LogP contribution in [-0.4, -0.2) is 26.8 Å². The number of hydrogen-bond donors (Lipinski definition) is 1. The summed E-state index contributed by atoms with van der Waals surface area (Å²) in [5.41, 5.74) is 5.02. The summed E-state index contributed by atoms with van der Waals surface area (Å²) in [6, 6.07) is 7.91. The Morgan fingerprint density at radius 3 is 2.61 bits per heavy atom. The van der Waals surface area contributed by atoms with Gasteiger partial charge in [-0.25, -0.2) is 4.98 Å². The highest BCUT2D eigenvalue weighted by Crippen LogP contribution is 2.38. The number of aryl methyl sites for hydroxylation is 3. The number of pyridine rings is 1. The van der Waals surface area contributed by atoms with Crippen molar-refractivity contribution in [1.29, 1.82) is 0 Å². The molecule has 4 rings (SSSR count). The summed E-state index contributed by atoms with van der Waals surface area (Å²) >= 11 is 1.40. The predicted octanol–water partition coefficient (Wildman–Crippen LogP) is 4.67. The molecule has 28 heavy (non-hydrogen) atoms. The number of nitrogens with one attached hydrogen (secondary N) is 1. The molecular weight excluding hydrogens is 372 g/mol. The molecule has 1 amide bonds. The molecule has 0 unspecified atom stereocenters. The molecule has 2 aromatic heterocycles. The molecule has 1 fully saturated rings. The predicted molar refractivity (Wildman–Crippen MR) is 110 cm³/mol. The van der Waals surface area contributed by atoms with E-state index in [0.29, 0.717) is 17.6 Å². The van der Waals surface area contributed by atoms with Crippen LogP contribution in [0.1, 0.15) is 41.3 Å². The smallest absolute Gasteiger partial charge is 0.259 e. The summed E-state index contributed by atoms with van der Waals surface area (Å²) in [6.07, 6.45) is 3.98. The zero-order valence-corrected chi connectivity index (χ0v) is 17.0. The van der Waals surface area contributed by atoms with Gasteiger partial charge in [0.15, 0.2) is 5.82 Å². The van der Waals surface area contributed by atoms with Crippen molar-refractivity contribution < 1.29 is 9.32 Å². The van der Waals surface area contributed by atoms with E-state index in [2.05, 4.69) is 39.5 Å². The quantitative estimate of drug-likeness (QED) is 0.612. The molecule has 1 aliphatic rings. The van der Waals surface area contributed by atoms with E-state index >= 15 is 0 Å². The Bertz CT molecular complexity index is 986. The van der Waals surface area contributed by atoms with Gasteiger partial charge in [0.1, 0.15) is 0 Å². The normalized spacial score (nSPS) is 13.5. The van der Waals surface area contributed by atoms with Gasteiger partial charge < -0.3 is 9.84 Å². The fraction of sp³-hybridized carbons (Fsp3) is 0.333. The molecule has 2 heterocycles. The number of nitrogens with zero attached hydrogens (tertiary/aromatic N) is 3. The van der Waals surface area contributed by atoms with Crippen LogP contribution in [0, 0.1) is 20.8 Å². The van der Waals surface area contributed by atoms with E-state index in [9.17, 15) is 4.79 Å². The first-order chi connectivity index (χ1) is 13.5. The Kier molecular flexibility index (Phi) is 5.17. The van der Waals surface area contributed by atoms with E-state index in [0.717, 1.165) is 46.1 Å². The number of anilines is 1. The van der Waals surface area contributed by atoms with Crippen LogP contribution in [0.25, 0.3) is 11.5 Å². The fourth-order valence-electron chi connectivity index (χ4n) is 3.14. The number of rotatable bonds is 6. The number of aromatic nitrogens is 3. The fourth-order valence-corrected chi connectivity index (χ4v) is 3.79. The molecule has 0 spiro atoms. The molecule has 0 atom stereocenters. The van der Waals surface area contributed by atoms with Crippen LogP contribution in [-0.2, 0) is 4.79 Å². The van der Waals surface area contributed by atoms with Crippen LogP contribution in [0.4, 0.5) is 5.69 Å². The lowest BCUT2D eigenvalue weighted by molar-refractivity contribution is -0.113. The highest BCUT2D eigenvalue weighted by atomic mass is 32.2. The molecule has 7 heteroatoms. The molecular formula is C21H22N4O2S. The number of carbonyl (C=O) groups excluding carboxylic acids is 1. The molecule has 0 radical (unpaired) electrons. The van der Waals surface area contributed by atoms with Crippen LogP contribution in [0.15, 0.2) is 40.0 Å². The first-order valence-electron chi connectivity index (χ1n) is 9.30. The first kappa shape index (κ1) is 18.7. The van der Waals surface area contributed by atoms with Gasteiger partial charge in [0.2, 0.25) is 5.91 Å². The van der Waals surface area contributed by atoms with Crippen molar-refractivity contribution >= 4 is 23.4 Å². The maximum atomic E-state index is 12.3. The second-order valence-corrected chi connectivity index (χ2v) is 8.22. The summed E-state index contributed by atoms with van der Waals surface area (Å²) in [4.78, 5) is 21.2. The minimum atomic E-state index is -0.0445. The second-order valence-electron chi connectivity index (χ2n) is 7.23. The van der Waals surface area contributed by atoms with Crippen molar-refractivity contribution in [3.8, 4) is 11.5 Å². The SMILES string of the molecule is Cc1cc(C)c(NC(=O)CSc2ccc(-c3nc(C4CC4)no3)cn2)c(C)c1. The van der Waals surface area contributed by atoms with Crippen LogP contribution >= 0.6 is 11.8 Å². The van der Waals surface area contributed by atoms with Gasteiger partial charge in [-0.05, 0) is 56.9 Å². The van der Waals surface area contributed by atoms with Crippen LogP contribution < -0.4 is 5.32 Å². The van der Waals surface area contributed by atoms with Crippen molar-refractivity contribution in [3.63, 3.8) is 0 Å². The number of benzene rings is 1. The third-order valence-electron chi connectivity index (χ3n) is 4.66. The van der Waals surface area contributed by atoms with Crippen LogP contribution in [0.5, 0.6) is 0 Å². The minimum absolute atomic E-state index is 0.0445. The summed E-state index contributed by atoms with van der Waals surface area (Å²) < 4.78 is 5.32. The summed E-state index contributed by atoms with van der Waals surface area (Å²) in [5.74, 6) is 1.99. The largest absolute Gasteiger partial charge is 0.334 e. The summed E-state index contributed by atoms with van der Waals surface area (Å²) in [5, 5.41) is 7.81. The van der Waals surface area contributed by atoms with Gasteiger partial charge in [-0.3, -0.25) is 4.79 Å². The van der Waals surface area contributed by atoms with E-state index < -0.39 is 0 Å². The number of thioether (sulfide) groups is 1. The van der Waals surface area contributed by atoms with Crippen LogP contribution in [0.2, 0.25) is 0 Å². The topological polar surface area (TPSA) is 80.9 Å². The Hall–Kier alpha value is -2.67. The molecule has 3 aromatic rings. The Balaban J connectivity index is 1.35. The van der Waals surface area contributed by atoms with Gasteiger partial charge in [-0.15, -0.1) is 0 Å². The zero-order chi connectivity index (χ0) is 19.7. The average molecular weight is 395 g/mol. The third kappa shape index (κ3) is 4.25. The van der Waals surface area contributed by atoms with Gasteiger partial charge in [-0.1, -0.05) is 34.6 Å². The molecule has 144 valence electrons. The van der Waals surface area contributed by atoms with Gasteiger partial charge in [-0.2, -0.15) is 4.98 Å². The molecule has 0 aliphatic heterocycles. The lowest BCUT2D eigenvalue weighted by Gasteiger charge is -2.12. The molecule has 6 nitrogen and oxygen atoms in total. The van der Waals surface area contributed by atoms with Crippen molar-refractivity contribution in [3.05, 3.63) is 53.0 Å². The molecule has 1 aromatic carbocycles. The molecule has 1 aliphatic carbocycles. The molecule has 0 saturated heterocycles. The van der Waals surface area contributed by atoms with Gasteiger partial charge >= 0.3 is 0 Å². The van der Waals surface area contributed by atoms with E-state index in [1.54, 1.807) is 6.20 Å². The standard InChI is InChI=1S/C21H22N4O2S/c1-12-8-13(2)19(14(3)9-12)23-17(26)11-28-18-7-6-16(10-22-18)21-24-20(25-27-21)15-4-5-15/h6-10,15H,4-5,11H2,1-3H3,(H,23,26). The van der Waals surface area contributed by atoms with E-state index in [4.69, 9.17) is 4.52 Å². The molecule has 1 saturated carbocycles. The lowest BCUT2D eigenvalue weighted by Crippen LogP contribution is -2.16. The third-order valence-corrected chi connectivity index (χ3v) is 5.60. The average Bonchev–Trinajstić information content (AvgIpc) is 3.40. The Morgan fingerprint density at radius 1 is 1.21 bits per heavy atom. The maximum Gasteiger partial charge on any atom is 0.259 e. The van der Waals surface area contributed by atoms with E-state index in [1.165, 1.54) is 17.3 Å². The first-order valence-corrected chi connectivity index (χ1v) is 10.3. The van der Waals surface area contributed by atoms with Crippen molar-refractivity contribution in [2.45, 2.75) is 44.6 Å². The Morgan fingerprint density at radius 2 is 1.96 bits per heavy atom. The summed E-state index contributed by atoms with van der Waals surface area (Å²) in [7, 11) is 0.